The van der Waals surface area contributed by atoms with Gasteiger partial charge in [-0.2, -0.15) is 0 Å². The van der Waals surface area contributed by atoms with Crippen molar-refractivity contribution in [1.82, 2.24) is 15.0 Å². The molecule has 1 aliphatic carbocycles. The number of hydrogen-bond acceptors (Lipinski definition) is 4. The highest BCUT2D eigenvalue weighted by atomic mass is 16.5. The number of aromatic nitrogens is 3. The molecule has 1 fully saturated rings. The normalized spacial score (nSPS) is 30.2. The molecule has 1 aliphatic rings. The van der Waals surface area contributed by atoms with Crippen molar-refractivity contribution in [2.24, 2.45) is 0 Å². The molecule has 0 spiro atoms. The molecule has 0 atom stereocenters. The van der Waals surface area contributed by atoms with Crippen molar-refractivity contribution < 1.29 is 9.84 Å². The molecule has 2 rings (SSSR count). The summed E-state index contributed by atoms with van der Waals surface area (Å²) in [6, 6.07) is 0. The van der Waals surface area contributed by atoms with Crippen molar-refractivity contribution >= 4 is 0 Å². The predicted molar refractivity (Wildman–Crippen MR) is 54.2 cm³/mol. The van der Waals surface area contributed by atoms with E-state index in [0.717, 1.165) is 18.7 Å². The molecule has 0 aromatic carbocycles. The minimum atomic E-state index is -0.778. The summed E-state index contributed by atoms with van der Waals surface area (Å²) in [4.78, 5) is 0. The van der Waals surface area contributed by atoms with Crippen LogP contribution in [0.2, 0.25) is 0 Å². The average Bonchev–Trinajstić information content (AvgIpc) is 2.62. The molecule has 1 N–H and O–H groups in total. The van der Waals surface area contributed by atoms with Crippen molar-refractivity contribution in [3.8, 4) is 0 Å². The van der Waals surface area contributed by atoms with Crippen LogP contribution in [0.15, 0.2) is 6.20 Å². The van der Waals surface area contributed by atoms with Gasteiger partial charge in [0.1, 0.15) is 5.60 Å². The van der Waals surface area contributed by atoms with Crippen LogP contribution in [0.3, 0.4) is 0 Å². The number of methoxy groups -OCH3 is 1. The van der Waals surface area contributed by atoms with Crippen molar-refractivity contribution in [2.75, 3.05) is 7.11 Å². The maximum Gasteiger partial charge on any atom is 0.113 e. The SMILES string of the molecule is CCCn1nncc1C1(O)CC(OC)C1. The Kier molecular flexibility index (Phi) is 2.75. The second-order valence-corrected chi connectivity index (χ2v) is 4.14. The first-order valence-corrected chi connectivity index (χ1v) is 5.33. The van der Waals surface area contributed by atoms with E-state index in [4.69, 9.17) is 4.74 Å². The third-order valence-corrected chi connectivity index (χ3v) is 2.99. The highest BCUT2D eigenvalue weighted by Gasteiger charge is 2.46. The Morgan fingerprint density at radius 2 is 2.40 bits per heavy atom. The highest BCUT2D eigenvalue weighted by Crippen LogP contribution is 2.42. The molecule has 84 valence electrons. The Morgan fingerprint density at radius 1 is 1.67 bits per heavy atom. The van der Waals surface area contributed by atoms with Gasteiger partial charge in [-0.15, -0.1) is 5.10 Å². The first-order chi connectivity index (χ1) is 7.19. The summed E-state index contributed by atoms with van der Waals surface area (Å²) in [5, 5.41) is 18.1. The lowest BCUT2D eigenvalue weighted by molar-refractivity contribution is -0.137. The lowest BCUT2D eigenvalue weighted by Crippen LogP contribution is -2.46. The zero-order valence-electron chi connectivity index (χ0n) is 9.18. The van der Waals surface area contributed by atoms with Gasteiger partial charge < -0.3 is 9.84 Å². The molecule has 1 heterocycles. The molecule has 0 amide bonds. The molecule has 0 unspecified atom stereocenters. The summed E-state index contributed by atoms with van der Waals surface area (Å²) in [7, 11) is 1.67. The molecular weight excluding hydrogens is 194 g/mol. The number of rotatable bonds is 4. The number of aryl methyl sites for hydroxylation is 1. The molecule has 0 saturated heterocycles. The first-order valence-electron chi connectivity index (χ1n) is 5.33. The second kappa shape index (κ2) is 3.90. The zero-order chi connectivity index (χ0) is 10.9. The molecule has 1 saturated carbocycles. The Labute approximate surface area is 89.0 Å². The standard InChI is InChI=1S/C10H17N3O2/c1-3-4-13-9(7-11-12-13)10(14)5-8(6-10)15-2/h7-8,14H,3-6H2,1-2H3. The van der Waals surface area contributed by atoms with E-state index in [0.29, 0.717) is 12.8 Å². The number of aliphatic hydroxyl groups is 1. The van der Waals surface area contributed by atoms with Crippen LogP contribution in [0.5, 0.6) is 0 Å². The molecule has 5 nitrogen and oxygen atoms in total. The third-order valence-electron chi connectivity index (χ3n) is 2.99. The number of hydrogen-bond donors (Lipinski definition) is 1. The summed E-state index contributed by atoms with van der Waals surface area (Å²) in [5.74, 6) is 0. The van der Waals surface area contributed by atoms with E-state index in [1.54, 1.807) is 18.0 Å². The monoisotopic (exact) mass is 211 g/mol. The molecule has 0 radical (unpaired) electrons. The molecular formula is C10H17N3O2. The highest BCUT2D eigenvalue weighted by molar-refractivity contribution is 5.14. The van der Waals surface area contributed by atoms with Gasteiger partial charge in [-0.25, -0.2) is 4.68 Å². The maximum absolute atomic E-state index is 10.3. The van der Waals surface area contributed by atoms with Gasteiger partial charge in [0.2, 0.25) is 0 Å². The van der Waals surface area contributed by atoms with Crippen LogP contribution in [0.25, 0.3) is 0 Å². The second-order valence-electron chi connectivity index (χ2n) is 4.14. The van der Waals surface area contributed by atoms with Gasteiger partial charge in [0, 0.05) is 26.5 Å². The number of ether oxygens (including phenoxy) is 1. The molecule has 1 aromatic rings. The van der Waals surface area contributed by atoms with Crippen molar-refractivity contribution in [2.45, 2.75) is 44.4 Å². The van der Waals surface area contributed by atoms with Crippen LogP contribution in [0, 0.1) is 0 Å². The fourth-order valence-electron chi connectivity index (χ4n) is 2.06. The molecule has 5 heteroatoms. The largest absolute Gasteiger partial charge is 0.383 e. The molecule has 0 bridgehead atoms. The summed E-state index contributed by atoms with van der Waals surface area (Å²) in [6.45, 7) is 2.88. The van der Waals surface area contributed by atoms with Crippen LogP contribution in [-0.4, -0.2) is 33.3 Å². The Hall–Kier alpha value is -0.940. The van der Waals surface area contributed by atoms with E-state index in [1.807, 2.05) is 0 Å². The smallest absolute Gasteiger partial charge is 0.113 e. The van der Waals surface area contributed by atoms with Crippen LogP contribution in [0.1, 0.15) is 31.9 Å². The van der Waals surface area contributed by atoms with Gasteiger partial charge in [-0.3, -0.25) is 0 Å². The van der Waals surface area contributed by atoms with Gasteiger partial charge >= 0.3 is 0 Å². The van der Waals surface area contributed by atoms with E-state index in [-0.39, 0.29) is 6.10 Å². The van der Waals surface area contributed by atoms with Crippen molar-refractivity contribution in [3.63, 3.8) is 0 Å². The molecule has 1 aromatic heterocycles. The van der Waals surface area contributed by atoms with Crippen molar-refractivity contribution in [1.29, 1.82) is 0 Å². The number of nitrogens with zero attached hydrogens (tertiary/aromatic N) is 3. The zero-order valence-corrected chi connectivity index (χ0v) is 9.18. The van der Waals surface area contributed by atoms with Gasteiger partial charge in [-0.05, 0) is 6.42 Å². The van der Waals surface area contributed by atoms with Gasteiger partial charge in [0.25, 0.3) is 0 Å². The first kappa shape index (κ1) is 10.6. The van der Waals surface area contributed by atoms with E-state index >= 15 is 0 Å². The van der Waals surface area contributed by atoms with Gasteiger partial charge in [-0.1, -0.05) is 12.1 Å². The van der Waals surface area contributed by atoms with E-state index in [1.165, 1.54) is 0 Å². The summed E-state index contributed by atoms with van der Waals surface area (Å²) in [6.07, 6.45) is 4.09. The van der Waals surface area contributed by atoms with Crippen LogP contribution in [-0.2, 0) is 16.9 Å². The van der Waals surface area contributed by atoms with E-state index in [9.17, 15) is 5.11 Å². The van der Waals surface area contributed by atoms with Crippen LogP contribution >= 0.6 is 0 Å². The van der Waals surface area contributed by atoms with Crippen LogP contribution in [0.4, 0.5) is 0 Å². The van der Waals surface area contributed by atoms with E-state index < -0.39 is 5.60 Å². The Bertz CT molecular complexity index is 331. The average molecular weight is 211 g/mol. The lowest BCUT2D eigenvalue weighted by atomic mass is 9.75. The molecule has 0 aliphatic heterocycles. The fraction of sp³-hybridized carbons (Fsp3) is 0.800. The maximum atomic E-state index is 10.3. The topological polar surface area (TPSA) is 60.2 Å². The quantitative estimate of drug-likeness (QED) is 0.795. The Balaban J connectivity index is 2.12. The summed E-state index contributed by atoms with van der Waals surface area (Å²) >= 11 is 0. The minimum Gasteiger partial charge on any atom is -0.383 e. The lowest BCUT2D eigenvalue weighted by Gasteiger charge is -2.42. The Morgan fingerprint density at radius 3 is 3.00 bits per heavy atom. The van der Waals surface area contributed by atoms with Gasteiger partial charge in [0.05, 0.1) is 18.0 Å². The minimum absolute atomic E-state index is 0.167. The fourth-order valence-corrected chi connectivity index (χ4v) is 2.06. The predicted octanol–water partition coefficient (Wildman–Crippen LogP) is 0.684. The molecule has 15 heavy (non-hydrogen) atoms. The van der Waals surface area contributed by atoms with Crippen molar-refractivity contribution in [3.05, 3.63) is 11.9 Å². The summed E-state index contributed by atoms with van der Waals surface area (Å²) < 4.78 is 6.95. The summed E-state index contributed by atoms with van der Waals surface area (Å²) in [5.41, 5.74) is 0.0388. The van der Waals surface area contributed by atoms with Gasteiger partial charge in [0.15, 0.2) is 0 Å². The van der Waals surface area contributed by atoms with E-state index in [2.05, 4.69) is 17.2 Å². The van der Waals surface area contributed by atoms with Crippen LogP contribution < -0.4 is 0 Å². The third kappa shape index (κ3) is 1.77.